The highest BCUT2D eigenvalue weighted by Gasteiger charge is 2.35. The molecule has 0 amide bonds. The number of piperidine rings is 1. The zero-order chi connectivity index (χ0) is 13.0. The highest BCUT2D eigenvalue weighted by Crippen LogP contribution is 2.31. The van der Waals surface area contributed by atoms with Crippen LogP contribution < -0.4 is 0 Å². The Hall–Kier alpha value is -0.410. The number of rotatable bonds is 4. The number of carbonyl (C=O) groups excluding carboxylic acids is 1. The highest BCUT2D eigenvalue weighted by atomic mass is 16.3. The van der Waals surface area contributed by atoms with Gasteiger partial charge in [-0.25, -0.2) is 0 Å². The number of ketones is 1. The molecule has 0 spiro atoms. The number of Topliss-reactive ketones (excluding diaryl/α,β-unsaturated/α-hetero) is 1. The van der Waals surface area contributed by atoms with Crippen LogP contribution in [0.4, 0.5) is 0 Å². The molecule has 0 aromatic rings. The molecule has 3 nitrogen and oxygen atoms in total. The maximum atomic E-state index is 12.1. The van der Waals surface area contributed by atoms with Crippen LogP contribution in [0.25, 0.3) is 0 Å². The topological polar surface area (TPSA) is 40.5 Å². The summed E-state index contributed by atoms with van der Waals surface area (Å²) < 4.78 is 0. The molecule has 1 saturated carbocycles. The van der Waals surface area contributed by atoms with Crippen LogP contribution in [0.15, 0.2) is 0 Å². The van der Waals surface area contributed by atoms with Gasteiger partial charge in [0.2, 0.25) is 0 Å². The number of aliphatic hydroxyl groups excluding tert-OH is 1. The fourth-order valence-electron chi connectivity index (χ4n) is 3.52. The van der Waals surface area contributed by atoms with Crippen LogP contribution in [0, 0.1) is 5.92 Å². The Labute approximate surface area is 111 Å². The first-order valence-electron chi connectivity index (χ1n) is 7.63. The number of hydrogen-bond acceptors (Lipinski definition) is 3. The van der Waals surface area contributed by atoms with Gasteiger partial charge >= 0.3 is 0 Å². The Balaban J connectivity index is 1.95. The Morgan fingerprint density at radius 3 is 2.78 bits per heavy atom. The van der Waals surface area contributed by atoms with Crippen molar-refractivity contribution >= 4 is 5.78 Å². The van der Waals surface area contributed by atoms with Gasteiger partial charge in [0.25, 0.3) is 0 Å². The van der Waals surface area contributed by atoms with E-state index in [4.69, 9.17) is 0 Å². The molecule has 1 N–H and O–H groups in total. The fraction of sp³-hybridized carbons (Fsp3) is 0.933. The van der Waals surface area contributed by atoms with E-state index < -0.39 is 0 Å². The Morgan fingerprint density at radius 2 is 2.06 bits per heavy atom. The molecule has 3 unspecified atom stereocenters. The molecule has 3 heteroatoms. The van der Waals surface area contributed by atoms with E-state index in [2.05, 4.69) is 4.90 Å². The molecule has 1 saturated heterocycles. The SMILES string of the molecule is CC(O)CCN1CCCCC1C1CCCCC1=O. The highest BCUT2D eigenvalue weighted by molar-refractivity contribution is 5.82. The predicted octanol–water partition coefficient (Wildman–Crippen LogP) is 2.37. The summed E-state index contributed by atoms with van der Waals surface area (Å²) in [6.07, 6.45) is 8.49. The molecule has 0 bridgehead atoms. The number of carbonyl (C=O) groups is 1. The third kappa shape index (κ3) is 3.55. The van der Waals surface area contributed by atoms with Gasteiger partial charge in [0.05, 0.1) is 6.10 Å². The monoisotopic (exact) mass is 253 g/mol. The van der Waals surface area contributed by atoms with Gasteiger partial charge in [0.1, 0.15) is 5.78 Å². The molecular weight excluding hydrogens is 226 g/mol. The minimum absolute atomic E-state index is 0.227. The van der Waals surface area contributed by atoms with Gasteiger partial charge in [-0.2, -0.15) is 0 Å². The summed E-state index contributed by atoms with van der Waals surface area (Å²) in [5.74, 6) is 0.781. The lowest BCUT2D eigenvalue weighted by molar-refractivity contribution is -0.127. The summed E-state index contributed by atoms with van der Waals surface area (Å²) in [6, 6.07) is 0.463. The van der Waals surface area contributed by atoms with E-state index in [0.717, 1.165) is 38.8 Å². The first-order chi connectivity index (χ1) is 8.68. The van der Waals surface area contributed by atoms with Gasteiger partial charge in [-0.15, -0.1) is 0 Å². The van der Waals surface area contributed by atoms with Crippen LogP contribution >= 0.6 is 0 Å². The maximum Gasteiger partial charge on any atom is 0.137 e. The molecule has 2 fully saturated rings. The lowest BCUT2D eigenvalue weighted by atomic mass is 9.79. The predicted molar refractivity (Wildman–Crippen MR) is 72.5 cm³/mol. The van der Waals surface area contributed by atoms with E-state index in [0.29, 0.717) is 11.8 Å². The zero-order valence-electron chi connectivity index (χ0n) is 11.6. The third-order valence-corrected chi connectivity index (χ3v) is 4.56. The normalized spacial score (nSPS) is 32.4. The van der Waals surface area contributed by atoms with E-state index in [1.54, 1.807) is 0 Å². The van der Waals surface area contributed by atoms with Crippen molar-refractivity contribution in [2.75, 3.05) is 13.1 Å². The van der Waals surface area contributed by atoms with E-state index in [9.17, 15) is 9.90 Å². The van der Waals surface area contributed by atoms with Crippen molar-refractivity contribution in [3.63, 3.8) is 0 Å². The molecule has 104 valence electrons. The molecule has 3 atom stereocenters. The summed E-state index contributed by atoms with van der Waals surface area (Å²) >= 11 is 0. The Morgan fingerprint density at radius 1 is 1.28 bits per heavy atom. The number of likely N-dealkylation sites (tertiary alicyclic amines) is 1. The van der Waals surface area contributed by atoms with Gasteiger partial charge in [-0.3, -0.25) is 9.69 Å². The average Bonchev–Trinajstić information content (AvgIpc) is 2.37. The first-order valence-corrected chi connectivity index (χ1v) is 7.63. The second kappa shape index (κ2) is 6.67. The van der Waals surface area contributed by atoms with Crippen molar-refractivity contribution in [3.8, 4) is 0 Å². The number of nitrogens with zero attached hydrogens (tertiary/aromatic N) is 1. The van der Waals surface area contributed by atoms with Crippen LogP contribution in [0.3, 0.4) is 0 Å². The van der Waals surface area contributed by atoms with Crippen molar-refractivity contribution in [2.45, 2.75) is 70.4 Å². The summed E-state index contributed by atoms with van der Waals surface area (Å²) in [5, 5.41) is 9.44. The second-order valence-corrected chi connectivity index (χ2v) is 6.06. The summed E-state index contributed by atoms with van der Waals surface area (Å²) in [7, 11) is 0. The molecule has 0 aromatic heterocycles. The lowest BCUT2D eigenvalue weighted by Crippen LogP contribution is -2.48. The molecule has 1 aliphatic heterocycles. The second-order valence-electron chi connectivity index (χ2n) is 6.06. The van der Waals surface area contributed by atoms with Crippen LogP contribution in [-0.2, 0) is 4.79 Å². The van der Waals surface area contributed by atoms with E-state index in [1.165, 1.54) is 25.7 Å². The summed E-state index contributed by atoms with van der Waals surface area (Å²) in [5.41, 5.74) is 0. The van der Waals surface area contributed by atoms with Crippen LogP contribution in [0.5, 0.6) is 0 Å². The fourth-order valence-corrected chi connectivity index (χ4v) is 3.52. The van der Waals surface area contributed by atoms with Crippen molar-refractivity contribution < 1.29 is 9.90 Å². The lowest BCUT2D eigenvalue weighted by Gasteiger charge is -2.41. The summed E-state index contributed by atoms with van der Waals surface area (Å²) in [6.45, 7) is 3.91. The van der Waals surface area contributed by atoms with Gasteiger partial charge in [-0.1, -0.05) is 12.8 Å². The van der Waals surface area contributed by atoms with Crippen molar-refractivity contribution in [1.29, 1.82) is 0 Å². The zero-order valence-corrected chi connectivity index (χ0v) is 11.6. The molecular formula is C15H27NO2. The first kappa shape index (κ1) is 14.0. The molecule has 18 heavy (non-hydrogen) atoms. The maximum absolute atomic E-state index is 12.1. The molecule has 1 heterocycles. The standard InChI is InChI=1S/C15H27NO2/c1-12(17)9-11-16-10-5-4-7-14(16)13-6-2-3-8-15(13)18/h12-14,17H,2-11H2,1H3. The van der Waals surface area contributed by atoms with Crippen molar-refractivity contribution in [2.24, 2.45) is 5.92 Å². The minimum atomic E-state index is -0.227. The Kier molecular flexibility index (Phi) is 5.19. The third-order valence-electron chi connectivity index (χ3n) is 4.56. The quantitative estimate of drug-likeness (QED) is 0.836. The largest absolute Gasteiger partial charge is 0.393 e. The van der Waals surface area contributed by atoms with Crippen molar-refractivity contribution in [3.05, 3.63) is 0 Å². The molecule has 0 aromatic carbocycles. The number of aliphatic hydroxyl groups is 1. The summed E-state index contributed by atoms with van der Waals surface area (Å²) in [4.78, 5) is 14.6. The Bertz CT molecular complexity index is 278. The van der Waals surface area contributed by atoms with Crippen LogP contribution in [0.1, 0.15) is 58.3 Å². The number of hydrogen-bond donors (Lipinski definition) is 1. The van der Waals surface area contributed by atoms with Gasteiger partial charge in [-0.05, 0) is 45.6 Å². The molecule has 2 rings (SSSR count). The van der Waals surface area contributed by atoms with Crippen LogP contribution in [-0.4, -0.2) is 41.0 Å². The average molecular weight is 253 g/mol. The van der Waals surface area contributed by atoms with Gasteiger partial charge in [0.15, 0.2) is 0 Å². The van der Waals surface area contributed by atoms with E-state index >= 15 is 0 Å². The van der Waals surface area contributed by atoms with E-state index in [-0.39, 0.29) is 12.0 Å². The molecule has 1 aliphatic carbocycles. The van der Waals surface area contributed by atoms with Gasteiger partial charge in [0, 0.05) is 24.9 Å². The molecule has 2 aliphatic rings. The minimum Gasteiger partial charge on any atom is -0.393 e. The van der Waals surface area contributed by atoms with E-state index in [1.807, 2.05) is 6.92 Å². The smallest absolute Gasteiger partial charge is 0.137 e. The van der Waals surface area contributed by atoms with Gasteiger partial charge < -0.3 is 5.11 Å². The van der Waals surface area contributed by atoms with Crippen molar-refractivity contribution in [1.82, 2.24) is 4.90 Å². The molecule has 0 radical (unpaired) electrons. The van der Waals surface area contributed by atoms with Crippen LogP contribution in [0.2, 0.25) is 0 Å².